The summed E-state index contributed by atoms with van der Waals surface area (Å²) >= 11 is 5.85. The van der Waals surface area contributed by atoms with E-state index in [0.717, 1.165) is 6.42 Å². The van der Waals surface area contributed by atoms with E-state index in [9.17, 15) is 4.79 Å². The highest BCUT2D eigenvalue weighted by atomic mass is 35.5. The Morgan fingerprint density at radius 3 is 2.32 bits per heavy atom. The van der Waals surface area contributed by atoms with E-state index in [2.05, 4.69) is 26.1 Å². The minimum absolute atomic E-state index is 0.127. The van der Waals surface area contributed by atoms with Gasteiger partial charge in [0.15, 0.2) is 0 Å². The molecule has 106 valence electrons. The molecule has 0 aliphatic carbocycles. The van der Waals surface area contributed by atoms with Gasteiger partial charge in [0.2, 0.25) is 0 Å². The second-order valence-electron chi connectivity index (χ2n) is 6.81. The summed E-state index contributed by atoms with van der Waals surface area (Å²) in [5, 5.41) is 3.50. The van der Waals surface area contributed by atoms with Crippen molar-refractivity contribution < 1.29 is 4.79 Å². The van der Waals surface area contributed by atoms with Crippen LogP contribution in [0.1, 0.15) is 51.4 Å². The molecule has 3 nitrogen and oxygen atoms in total. The first-order valence-electron chi connectivity index (χ1n) is 6.38. The van der Waals surface area contributed by atoms with Crippen molar-refractivity contribution in [2.24, 2.45) is 5.41 Å². The fourth-order valence-electron chi connectivity index (χ4n) is 2.43. The molecule has 0 saturated carbocycles. The summed E-state index contributed by atoms with van der Waals surface area (Å²) in [6.07, 6.45) is 0.884. The minimum Gasteiger partial charge on any atom is -0.398 e. The van der Waals surface area contributed by atoms with Gasteiger partial charge < -0.3 is 11.1 Å². The maximum absolute atomic E-state index is 12.2. The standard InChI is InChI=1S/C15H23ClN2O/c1-14(2,3)9-15(4,5)18-13(19)10-6-7-11(16)12(17)8-10/h6-8H,9,17H2,1-5H3,(H,18,19). The number of hydrogen-bond acceptors (Lipinski definition) is 2. The van der Waals surface area contributed by atoms with Gasteiger partial charge in [-0.2, -0.15) is 0 Å². The SMILES string of the molecule is CC(C)(C)CC(C)(C)NC(=O)c1ccc(Cl)c(N)c1. The van der Waals surface area contributed by atoms with E-state index in [1.54, 1.807) is 18.2 Å². The lowest BCUT2D eigenvalue weighted by Gasteiger charge is -2.33. The topological polar surface area (TPSA) is 55.1 Å². The van der Waals surface area contributed by atoms with Gasteiger partial charge in [-0.1, -0.05) is 32.4 Å². The molecular formula is C15H23ClN2O. The zero-order chi connectivity index (χ0) is 14.8. The number of nitrogens with two attached hydrogens (primary N) is 1. The molecule has 0 atom stereocenters. The van der Waals surface area contributed by atoms with Crippen LogP contribution in [0.4, 0.5) is 5.69 Å². The van der Waals surface area contributed by atoms with Gasteiger partial charge in [-0.05, 0) is 43.9 Å². The third kappa shape index (κ3) is 5.11. The Balaban J connectivity index is 2.81. The molecule has 19 heavy (non-hydrogen) atoms. The quantitative estimate of drug-likeness (QED) is 0.827. The molecule has 0 heterocycles. The molecule has 4 heteroatoms. The second kappa shape index (κ2) is 5.41. The molecule has 1 aromatic rings. The van der Waals surface area contributed by atoms with Gasteiger partial charge in [0.25, 0.3) is 5.91 Å². The zero-order valence-corrected chi connectivity index (χ0v) is 13.1. The molecule has 3 N–H and O–H groups in total. The normalized spacial score (nSPS) is 12.3. The maximum atomic E-state index is 12.2. The van der Waals surface area contributed by atoms with Crippen LogP contribution in [0.15, 0.2) is 18.2 Å². The van der Waals surface area contributed by atoms with E-state index in [0.29, 0.717) is 16.3 Å². The third-order valence-corrected chi connectivity index (χ3v) is 3.03. The predicted molar refractivity (Wildman–Crippen MR) is 81.5 cm³/mol. The first kappa shape index (κ1) is 15.8. The highest BCUT2D eigenvalue weighted by Crippen LogP contribution is 2.27. The van der Waals surface area contributed by atoms with E-state index in [-0.39, 0.29) is 16.9 Å². The number of carbonyl (C=O) groups is 1. The summed E-state index contributed by atoms with van der Waals surface area (Å²) < 4.78 is 0. The summed E-state index contributed by atoms with van der Waals surface area (Å²) in [7, 11) is 0. The van der Waals surface area contributed by atoms with Crippen molar-refractivity contribution in [3.8, 4) is 0 Å². The molecule has 0 aliphatic rings. The lowest BCUT2D eigenvalue weighted by molar-refractivity contribution is 0.0891. The van der Waals surface area contributed by atoms with Crippen LogP contribution in [-0.2, 0) is 0 Å². The van der Waals surface area contributed by atoms with E-state index in [4.69, 9.17) is 17.3 Å². The van der Waals surface area contributed by atoms with Gasteiger partial charge in [0.1, 0.15) is 0 Å². The average Bonchev–Trinajstić information content (AvgIpc) is 2.17. The zero-order valence-electron chi connectivity index (χ0n) is 12.3. The fraction of sp³-hybridized carbons (Fsp3) is 0.533. The van der Waals surface area contributed by atoms with Gasteiger partial charge in [0, 0.05) is 11.1 Å². The molecule has 0 bridgehead atoms. The van der Waals surface area contributed by atoms with Crippen LogP contribution in [0.2, 0.25) is 5.02 Å². The van der Waals surface area contributed by atoms with E-state index in [1.807, 2.05) is 13.8 Å². The first-order valence-corrected chi connectivity index (χ1v) is 6.75. The Hall–Kier alpha value is -1.22. The van der Waals surface area contributed by atoms with E-state index in [1.165, 1.54) is 0 Å². The monoisotopic (exact) mass is 282 g/mol. The van der Waals surface area contributed by atoms with Crippen molar-refractivity contribution in [1.29, 1.82) is 0 Å². The van der Waals surface area contributed by atoms with Gasteiger partial charge >= 0.3 is 0 Å². The van der Waals surface area contributed by atoms with Crippen molar-refractivity contribution in [3.63, 3.8) is 0 Å². The highest BCUT2D eigenvalue weighted by Gasteiger charge is 2.27. The van der Waals surface area contributed by atoms with Crippen molar-refractivity contribution in [2.45, 2.75) is 46.6 Å². The second-order valence-corrected chi connectivity index (χ2v) is 7.22. The van der Waals surface area contributed by atoms with Crippen molar-refractivity contribution in [1.82, 2.24) is 5.32 Å². The summed E-state index contributed by atoms with van der Waals surface area (Å²) in [5.41, 5.74) is 6.54. The van der Waals surface area contributed by atoms with E-state index >= 15 is 0 Å². The molecule has 1 rings (SSSR count). The van der Waals surface area contributed by atoms with Crippen LogP contribution in [0.5, 0.6) is 0 Å². The molecule has 1 amide bonds. The number of anilines is 1. The molecule has 0 spiro atoms. The largest absolute Gasteiger partial charge is 0.398 e. The van der Waals surface area contributed by atoms with Crippen molar-refractivity contribution >= 4 is 23.2 Å². The first-order chi connectivity index (χ1) is 8.50. The average molecular weight is 283 g/mol. The van der Waals surface area contributed by atoms with Crippen LogP contribution in [0.25, 0.3) is 0 Å². The molecular weight excluding hydrogens is 260 g/mol. The number of nitrogen functional groups attached to an aromatic ring is 1. The number of benzene rings is 1. The summed E-state index contributed by atoms with van der Waals surface area (Å²) in [5.74, 6) is -0.127. The number of rotatable bonds is 3. The van der Waals surface area contributed by atoms with Gasteiger partial charge in [-0.15, -0.1) is 0 Å². The lowest BCUT2D eigenvalue weighted by Crippen LogP contribution is -2.45. The summed E-state index contributed by atoms with van der Waals surface area (Å²) in [6.45, 7) is 10.5. The molecule has 0 unspecified atom stereocenters. The Kier molecular flexibility index (Phi) is 4.51. The summed E-state index contributed by atoms with van der Waals surface area (Å²) in [4.78, 5) is 12.2. The number of nitrogens with one attached hydrogen (secondary N) is 1. The molecule has 0 radical (unpaired) electrons. The van der Waals surface area contributed by atoms with Crippen molar-refractivity contribution in [2.75, 3.05) is 5.73 Å². The van der Waals surface area contributed by atoms with Crippen LogP contribution in [-0.4, -0.2) is 11.4 Å². The molecule has 1 aromatic carbocycles. The Morgan fingerprint density at radius 2 is 1.84 bits per heavy atom. The maximum Gasteiger partial charge on any atom is 0.251 e. The van der Waals surface area contributed by atoms with Gasteiger partial charge in [-0.3, -0.25) is 4.79 Å². The van der Waals surface area contributed by atoms with E-state index < -0.39 is 0 Å². The Morgan fingerprint density at radius 1 is 1.26 bits per heavy atom. The number of halogens is 1. The van der Waals surface area contributed by atoms with Gasteiger partial charge in [0.05, 0.1) is 10.7 Å². The third-order valence-electron chi connectivity index (χ3n) is 2.68. The van der Waals surface area contributed by atoms with Crippen LogP contribution in [0.3, 0.4) is 0 Å². The number of carbonyl (C=O) groups excluding carboxylic acids is 1. The Labute approximate surface area is 120 Å². The molecule has 0 aromatic heterocycles. The fourth-order valence-corrected chi connectivity index (χ4v) is 2.55. The van der Waals surface area contributed by atoms with Crippen molar-refractivity contribution in [3.05, 3.63) is 28.8 Å². The number of hydrogen-bond donors (Lipinski definition) is 2. The predicted octanol–water partition coefficient (Wildman–Crippen LogP) is 3.87. The van der Waals surface area contributed by atoms with Gasteiger partial charge in [-0.25, -0.2) is 0 Å². The smallest absolute Gasteiger partial charge is 0.251 e. The van der Waals surface area contributed by atoms with Crippen LogP contribution in [0, 0.1) is 5.41 Å². The lowest BCUT2D eigenvalue weighted by atomic mass is 9.81. The molecule has 0 fully saturated rings. The summed E-state index contributed by atoms with van der Waals surface area (Å²) in [6, 6.07) is 4.93. The van der Waals surface area contributed by atoms with Crippen LogP contribution >= 0.6 is 11.6 Å². The Bertz CT molecular complexity index is 476. The number of amides is 1. The van der Waals surface area contributed by atoms with Crippen LogP contribution < -0.4 is 11.1 Å². The minimum atomic E-state index is -0.274. The molecule has 0 saturated heterocycles. The highest BCUT2D eigenvalue weighted by molar-refractivity contribution is 6.33. The molecule has 0 aliphatic heterocycles.